The molecule has 7 heteroatoms. The minimum absolute atomic E-state index is 0.341. The molecule has 0 saturated carbocycles. The molecule has 0 atom stereocenters. The van der Waals surface area contributed by atoms with Gasteiger partial charge in [-0.05, 0) is 46.0 Å². The zero-order valence-electron chi connectivity index (χ0n) is 12.4. The molecule has 0 aliphatic rings. The molecule has 0 saturated heterocycles. The van der Waals surface area contributed by atoms with Crippen molar-refractivity contribution in [1.29, 1.82) is 0 Å². The lowest BCUT2D eigenvalue weighted by Gasteiger charge is -2.08. The largest absolute Gasteiger partial charge is 0.347 e. The molecule has 2 aromatic carbocycles. The van der Waals surface area contributed by atoms with E-state index in [1.165, 1.54) is 4.40 Å². The van der Waals surface area contributed by atoms with E-state index in [1.54, 1.807) is 30.5 Å². The Morgan fingerprint density at radius 3 is 2.46 bits per heavy atom. The van der Waals surface area contributed by atoms with E-state index in [9.17, 15) is 13.6 Å². The van der Waals surface area contributed by atoms with Crippen molar-refractivity contribution >= 4 is 33.3 Å². The van der Waals surface area contributed by atoms with Gasteiger partial charge in [-0.25, -0.2) is 23.1 Å². The summed E-state index contributed by atoms with van der Waals surface area (Å²) in [5.41, 5.74) is 6.29. The number of benzene rings is 2. The van der Waals surface area contributed by atoms with Gasteiger partial charge in [-0.2, -0.15) is 5.10 Å². The number of aromatic nitrogens is 3. The number of nitrogens with two attached hydrogens (primary N) is 1. The third-order valence-electron chi connectivity index (χ3n) is 3.97. The van der Waals surface area contributed by atoms with Crippen LogP contribution in [0.4, 0.5) is 8.78 Å². The fraction of sp³-hybridized carbons (Fsp3) is 0.0588. The van der Waals surface area contributed by atoms with Crippen molar-refractivity contribution in [1.82, 2.24) is 14.6 Å². The molecular weight excluding hydrogens is 314 g/mol. The van der Waals surface area contributed by atoms with Crippen LogP contribution < -0.4 is 11.4 Å². The zero-order valence-corrected chi connectivity index (χ0v) is 12.4. The van der Waals surface area contributed by atoms with Crippen molar-refractivity contribution in [2.45, 2.75) is 0 Å². The summed E-state index contributed by atoms with van der Waals surface area (Å²) in [6.07, 6.45) is 5.18. The molecule has 0 spiro atoms. The zero-order chi connectivity index (χ0) is 16.8. The number of hydrogen-bond acceptors (Lipinski definition) is 3. The second kappa shape index (κ2) is 5.24. The minimum atomic E-state index is -0.920. The molecule has 0 aliphatic heterocycles. The van der Waals surface area contributed by atoms with Gasteiger partial charge in [-0.1, -0.05) is 12.2 Å². The summed E-state index contributed by atoms with van der Waals surface area (Å²) in [6.45, 7) is 0.341. The van der Waals surface area contributed by atoms with Crippen LogP contribution in [0, 0.1) is 11.6 Å². The fourth-order valence-electron chi connectivity index (χ4n) is 2.87. The summed E-state index contributed by atoms with van der Waals surface area (Å²) in [5, 5.41) is 8.93. The lowest BCUT2D eigenvalue weighted by molar-refractivity contribution is 0.511. The van der Waals surface area contributed by atoms with Crippen LogP contribution in [0.5, 0.6) is 0 Å². The monoisotopic (exact) mass is 326 g/mol. The Balaban J connectivity index is 2.21. The maximum absolute atomic E-state index is 13.5. The molecule has 0 unspecified atom stereocenters. The summed E-state index contributed by atoms with van der Waals surface area (Å²) < 4.78 is 28.5. The first-order valence-electron chi connectivity index (χ1n) is 7.27. The standard InChI is InChI=1S/C17H12F2N4O/c18-14-6-10-4-12-9(2-1-3-20)8-23-16(21-22-17(23)24)13(12)5-11(10)7-15(14)19/h1-2,4-8H,3,20H2,(H,22,24)/b2-1-. The summed E-state index contributed by atoms with van der Waals surface area (Å²) in [6, 6.07) is 5.74. The van der Waals surface area contributed by atoms with Crippen LogP contribution in [0.2, 0.25) is 0 Å². The Morgan fingerprint density at radius 2 is 1.79 bits per heavy atom. The van der Waals surface area contributed by atoms with Gasteiger partial charge in [-0.3, -0.25) is 0 Å². The molecule has 0 bridgehead atoms. The van der Waals surface area contributed by atoms with E-state index in [0.29, 0.717) is 28.4 Å². The number of pyridine rings is 1. The molecule has 4 rings (SSSR count). The van der Waals surface area contributed by atoms with E-state index in [-0.39, 0.29) is 5.69 Å². The van der Waals surface area contributed by atoms with E-state index < -0.39 is 11.6 Å². The topological polar surface area (TPSA) is 76.2 Å². The third-order valence-corrected chi connectivity index (χ3v) is 3.97. The van der Waals surface area contributed by atoms with Crippen molar-refractivity contribution in [3.8, 4) is 0 Å². The minimum Gasteiger partial charge on any atom is -0.327 e. The van der Waals surface area contributed by atoms with E-state index in [2.05, 4.69) is 10.2 Å². The SMILES string of the molecule is NC/C=C\c1cn2c(=O)[nH]nc2c2cc3cc(F)c(F)cc3cc12. The number of H-pyrrole nitrogens is 1. The van der Waals surface area contributed by atoms with Crippen LogP contribution in [-0.4, -0.2) is 21.1 Å². The maximum Gasteiger partial charge on any atom is 0.347 e. The average molecular weight is 326 g/mol. The van der Waals surface area contributed by atoms with Crippen LogP contribution in [0.3, 0.4) is 0 Å². The van der Waals surface area contributed by atoms with E-state index in [1.807, 2.05) is 0 Å². The van der Waals surface area contributed by atoms with Crippen LogP contribution in [0.1, 0.15) is 5.56 Å². The molecule has 4 aromatic rings. The highest BCUT2D eigenvalue weighted by Crippen LogP contribution is 2.29. The molecule has 0 fully saturated rings. The molecule has 0 amide bonds. The number of rotatable bonds is 2. The van der Waals surface area contributed by atoms with Crippen molar-refractivity contribution in [3.63, 3.8) is 0 Å². The quantitative estimate of drug-likeness (QED) is 0.556. The molecular formula is C17H12F2N4O. The maximum atomic E-state index is 13.5. The van der Waals surface area contributed by atoms with Crippen molar-refractivity contribution in [3.05, 3.63) is 64.2 Å². The molecule has 0 aliphatic carbocycles. The number of halogens is 2. The normalized spacial score (nSPS) is 12.1. The predicted molar refractivity (Wildman–Crippen MR) is 88.8 cm³/mol. The van der Waals surface area contributed by atoms with E-state index in [0.717, 1.165) is 23.1 Å². The van der Waals surface area contributed by atoms with Gasteiger partial charge < -0.3 is 5.73 Å². The van der Waals surface area contributed by atoms with Gasteiger partial charge >= 0.3 is 5.69 Å². The summed E-state index contributed by atoms with van der Waals surface area (Å²) in [5.74, 6) is -1.82. The van der Waals surface area contributed by atoms with Gasteiger partial charge in [0.25, 0.3) is 0 Å². The average Bonchev–Trinajstić information content (AvgIpc) is 2.93. The van der Waals surface area contributed by atoms with Crippen LogP contribution in [0.15, 0.2) is 41.3 Å². The Kier molecular flexibility index (Phi) is 3.17. The van der Waals surface area contributed by atoms with Gasteiger partial charge in [0.15, 0.2) is 17.3 Å². The van der Waals surface area contributed by atoms with E-state index in [4.69, 9.17) is 5.73 Å². The van der Waals surface area contributed by atoms with Crippen LogP contribution in [0.25, 0.3) is 33.3 Å². The fourth-order valence-corrected chi connectivity index (χ4v) is 2.87. The first-order chi connectivity index (χ1) is 11.6. The summed E-state index contributed by atoms with van der Waals surface area (Å²) in [7, 11) is 0. The molecule has 2 aromatic heterocycles. The van der Waals surface area contributed by atoms with Crippen LogP contribution in [-0.2, 0) is 0 Å². The summed E-state index contributed by atoms with van der Waals surface area (Å²) >= 11 is 0. The molecule has 2 heterocycles. The smallest absolute Gasteiger partial charge is 0.327 e. The number of fused-ring (bicyclic) bond motifs is 4. The first-order valence-corrected chi connectivity index (χ1v) is 7.27. The van der Waals surface area contributed by atoms with Gasteiger partial charge in [0, 0.05) is 18.1 Å². The van der Waals surface area contributed by atoms with Crippen molar-refractivity contribution in [2.75, 3.05) is 6.54 Å². The lowest BCUT2D eigenvalue weighted by atomic mass is 10.0. The van der Waals surface area contributed by atoms with Gasteiger partial charge in [-0.15, -0.1) is 0 Å². The van der Waals surface area contributed by atoms with Gasteiger partial charge in [0.1, 0.15) is 0 Å². The lowest BCUT2D eigenvalue weighted by Crippen LogP contribution is -2.09. The Morgan fingerprint density at radius 1 is 1.12 bits per heavy atom. The predicted octanol–water partition coefficient (Wildman–Crippen LogP) is 2.58. The van der Waals surface area contributed by atoms with Crippen molar-refractivity contribution < 1.29 is 8.78 Å². The van der Waals surface area contributed by atoms with Gasteiger partial charge in [0.2, 0.25) is 0 Å². The molecule has 24 heavy (non-hydrogen) atoms. The second-order valence-electron chi connectivity index (χ2n) is 5.46. The number of aromatic amines is 1. The summed E-state index contributed by atoms with van der Waals surface area (Å²) in [4.78, 5) is 11.9. The van der Waals surface area contributed by atoms with Gasteiger partial charge in [0.05, 0.1) is 0 Å². The Labute approximate surface area is 134 Å². The molecule has 3 N–H and O–H groups in total. The Bertz CT molecular complexity index is 1190. The number of hydrogen-bond donors (Lipinski definition) is 2. The molecule has 120 valence electrons. The highest BCUT2D eigenvalue weighted by molar-refractivity contribution is 6.06. The van der Waals surface area contributed by atoms with E-state index >= 15 is 0 Å². The molecule has 5 nitrogen and oxygen atoms in total. The third kappa shape index (κ3) is 2.10. The first kappa shape index (κ1) is 14.5. The molecule has 0 radical (unpaired) electrons. The Hall–Kier alpha value is -3.06. The highest BCUT2D eigenvalue weighted by Gasteiger charge is 2.12. The van der Waals surface area contributed by atoms with Crippen LogP contribution >= 0.6 is 0 Å². The van der Waals surface area contributed by atoms with Crippen molar-refractivity contribution in [2.24, 2.45) is 5.73 Å². The number of nitrogens with zero attached hydrogens (tertiary/aromatic N) is 2. The number of nitrogens with one attached hydrogen (secondary N) is 1. The highest BCUT2D eigenvalue weighted by atomic mass is 19.2. The second-order valence-corrected chi connectivity index (χ2v) is 5.46.